The zero-order valence-corrected chi connectivity index (χ0v) is 21.1. The molecule has 1 saturated carbocycles. The molecule has 0 bridgehead atoms. The molecule has 2 aliphatic heterocycles. The highest BCUT2D eigenvalue weighted by Gasteiger charge is 2.43. The first kappa shape index (κ1) is 24.9. The number of hydrogen-bond acceptors (Lipinski definition) is 7. The number of piperazine rings is 1. The van der Waals surface area contributed by atoms with Crippen molar-refractivity contribution in [1.29, 1.82) is 0 Å². The minimum Gasteiger partial charge on any atom is -0.353 e. The standard InChI is InChI=1S/C27H39N7O2/c28-22-3-1-13-31(15-9-22)14-8-21-4-6-23(7-5-21)34-16-10-24(30-26(34)36)32-17-19-33(20-18-32)25(35)27(29)11-2-12-27/h4-7,10,16,22H,1-3,8-9,11-15,17-20,28-29H2. The fraction of sp³-hybridized carbons (Fsp3) is 0.593. The smallest absolute Gasteiger partial charge is 0.353 e. The Bertz CT molecular complexity index is 1100. The molecule has 0 spiro atoms. The van der Waals surface area contributed by atoms with E-state index in [1.807, 2.05) is 23.1 Å². The van der Waals surface area contributed by atoms with Crippen LogP contribution in [0.5, 0.6) is 0 Å². The Hall–Kier alpha value is -2.75. The molecule has 1 unspecified atom stereocenters. The van der Waals surface area contributed by atoms with Crippen LogP contribution in [0.1, 0.15) is 44.1 Å². The molecule has 194 valence electrons. The summed E-state index contributed by atoms with van der Waals surface area (Å²) >= 11 is 0. The zero-order valence-electron chi connectivity index (χ0n) is 21.1. The van der Waals surface area contributed by atoms with Gasteiger partial charge in [-0.3, -0.25) is 9.36 Å². The number of carbonyl (C=O) groups excluding carboxylic acids is 1. The number of benzene rings is 1. The van der Waals surface area contributed by atoms with Gasteiger partial charge < -0.3 is 26.2 Å². The molecule has 2 saturated heterocycles. The second kappa shape index (κ2) is 10.7. The lowest BCUT2D eigenvalue weighted by atomic mass is 9.76. The fourth-order valence-electron chi connectivity index (χ4n) is 5.51. The Balaban J connectivity index is 1.16. The van der Waals surface area contributed by atoms with Crippen molar-refractivity contribution in [3.05, 3.63) is 52.6 Å². The third-order valence-electron chi connectivity index (χ3n) is 8.15. The summed E-state index contributed by atoms with van der Waals surface area (Å²) in [5.74, 6) is 0.721. The van der Waals surface area contributed by atoms with Crippen molar-refractivity contribution in [3.8, 4) is 5.69 Å². The SMILES string of the molecule is NC1CCCN(CCc2ccc(-n3ccc(N4CCN(C(=O)C5(N)CCC5)CC4)nc3=O)cc2)CC1. The van der Waals surface area contributed by atoms with E-state index in [4.69, 9.17) is 11.5 Å². The van der Waals surface area contributed by atoms with Crippen molar-refractivity contribution in [3.63, 3.8) is 0 Å². The van der Waals surface area contributed by atoms with E-state index in [2.05, 4.69) is 26.9 Å². The summed E-state index contributed by atoms with van der Waals surface area (Å²) in [6.07, 6.45) is 8.74. The fourth-order valence-corrected chi connectivity index (χ4v) is 5.51. The van der Waals surface area contributed by atoms with E-state index >= 15 is 0 Å². The Morgan fingerprint density at radius 3 is 2.39 bits per heavy atom. The minimum atomic E-state index is -0.655. The van der Waals surface area contributed by atoms with E-state index in [9.17, 15) is 9.59 Å². The predicted molar refractivity (Wildman–Crippen MR) is 141 cm³/mol. The molecule has 36 heavy (non-hydrogen) atoms. The Kier molecular flexibility index (Phi) is 7.41. The van der Waals surface area contributed by atoms with Crippen LogP contribution < -0.4 is 22.1 Å². The summed E-state index contributed by atoms with van der Waals surface area (Å²) in [6, 6.07) is 10.4. The van der Waals surface area contributed by atoms with Crippen LogP contribution in [-0.2, 0) is 11.2 Å². The molecule has 3 heterocycles. The van der Waals surface area contributed by atoms with Crippen molar-refractivity contribution in [2.75, 3.05) is 50.7 Å². The van der Waals surface area contributed by atoms with Crippen molar-refractivity contribution in [2.45, 2.75) is 56.5 Å². The molecule has 3 aliphatic rings. The third-order valence-corrected chi connectivity index (χ3v) is 8.15. The number of likely N-dealkylation sites (tertiary alicyclic amines) is 1. The van der Waals surface area contributed by atoms with Gasteiger partial charge in [-0.25, -0.2) is 4.79 Å². The van der Waals surface area contributed by atoms with Crippen molar-refractivity contribution < 1.29 is 4.79 Å². The van der Waals surface area contributed by atoms with Gasteiger partial charge in [0.2, 0.25) is 5.91 Å². The Morgan fingerprint density at radius 2 is 1.72 bits per heavy atom. The van der Waals surface area contributed by atoms with Gasteiger partial charge in [-0.1, -0.05) is 12.1 Å². The van der Waals surface area contributed by atoms with Crippen LogP contribution >= 0.6 is 0 Å². The predicted octanol–water partition coefficient (Wildman–Crippen LogP) is 1.12. The van der Waals surface area contributed by atoms with Gasteiger partial charge in [-0.15, -0.1) is 0 Å². The Labute approximate surface area is 213 Å². The van der Waals surface area contributed by atoms with Crippen LogP contribution in [0.25, 0.3) is 5.69 Å². The molecule has 1 amide bonds. The molecule has 3 fully saturated rings. The van der Waals surface area contributed by atoms with E-state index in [-0.39, 0.29) is 11.6 Å². The van der Waals surface area contributed by atoms with Crippen molar-refractivity contribution in [2.24, 2.45) is 11.5 Å². The number of anilines is 1. The molecule has 4 N–H and O–H groups in total. The summed E-state index contributed by atoms with van der Waals surface area (Å²) in [7, 11) is 0. The van der Waals surface area contributed by atoms with Crippen LogP contribution in [0.4, 0.5) is 5.82 Å². The molecule has 9 nitrogen and oxygen atoms in total. The molecule has 1 aromatic heterocycles. The van der Waals surface area contributed by atoms with E-state index in [0.29, 0.717) is 38.0 Å². The maximum Gasteiger partial charge on any atom is 0.354 e. The quantitative estimate of drug-likeness (QED) is 0.620. The summed E-state index contributed by atoms with van der Waals surface area (Å²) in [5.41, 5.74) is 13.4. The van der Waals surface area contributed by atoms with E-state index in [0.717, 1.165) is 63.8 Å². The first-order valence-electron chi connectivity index (χ1n) is 13.4. The molecule has 9 heteroatoms. The van der Waals surface area contributed by atoms with Gasteiger partial charge >= 0.3 is 5.69 Å². The van der Waals surface area contributed by atoms with Crippen LogP contribution in [0.2, 0.25) is 0 Å². The number of rotatable bonds is 6. The van der Waals surface area contributed by atoms with Gasteiger partial charge in [0.05, 0.1) is 11.2 Å². The van der Waals surface area contributed by atoms with E-state index in [1.54, 1.807) is 10.8 Å². The molecular weight excluding hydrogens is 454 g/mol. The number of nitrogens with zero attached hydrogens (tertiary/aromatic N) is 5. The maximum atomic E-state index is 12.8. The average molecular weight is 494 g/mol. The average Bonchev–Trinajstić information content (AvgIpc) is 3.10. The summed E-state index contributed by atoms with van der Waals surface area (Å²) in [5, 5.41) is 0. The second-order valence-electron chi connectivity index (χ2n) is 10.7. The molecule has 1 atom stereocenters. The molecule has 1 aromatic carbocycles. The lowest BCUT2D eigenvalue weighted by Gasteiger charge is -2.43. The number of aromatic nitrogens is 2. The highest BCUT2D eigenvalue weighted by Crippen LogP contribution is 2.31. The normalized spacial score (nSPS) is 22.7. The lowest BCUT2D eigenvalue weighted by Crippen LogP contribution is -2.62. The van der Waals surface area contributed by atoms with Crippen molar-refractivity contribution in [1.82, 2.24) is 19.4 Å². The maximum absolute atomic E-state index is 12.8. The highest BCUT2D eigenvalue weighted by atomic mass is 16.2. The van der Waals surface area contributed by atoms with Gasteiger partial charge in [0.1, 0.15) is 5.82 Å². The third kappa shape index (κ3) is 5.48. The monoisotopic (exact) mass is 493 g/mol. The molecule has 0 radical (unpaired) electrons. The molecule has 5 rings (SSSR count). The van der Waals surface area contributed by atoms with Gasteiger partial charge in [-0.2, -0.15) is 4.98 Å². The van der Waals surface area contributed by atoms with Gasteiger partial charge in [0.15, 0.2) is 0 Å². The summed E-state index contributed by atoms with van der Waals surface area (Å²) in [4.78, 5) is 36.3. The van der Waals surface area contributed by atoms with Gasteiger partial charge in [0, 0.05) is 45.0 Å². The van der Waals surface area contributed by atoms with Gasteiger partial charge in [-0.05, 0) is 81.8 Å². The molecule has 2 aromatic rings. The Morgan fingerprint density at radius 1 is 0.972 bits per heavy atom. The van der Waals surface area contributed by atoms with Gasteiger partial charge in [0.25, 0.3) is 0 Å². The van der Waals surface area contributed by atoms with Crippen LogP contribution in [0, 0.1) is 0 Å². The largest absolute Gasteiger partial charge is 0.354 e. The zero-order chi connectivity index (χ0) is 25.1. The van der Waals surface area contributed by atoms with Crippen LogP contribution in [0.15, 0.2) is 41.3 Å². The number of hydrogen-bond donors (Lipinski definition) is 2. The molecule has 1 aliphatic carbocycles. The number of nitrogens with two attached hydrogens (primary N) is 2. The van der Waals surface area contributed by atoms with E-state index in [1.165, 1.54) is 12.0 Å². The molecular formula is C27H39N7O2. The highest BCUT2D eigenvalue weighted by molar-refractivity contribution is 5.87. The van der Waals surface area contributed by atoms with Crippen LogP contribution in [-0.4, -0.2) is 82.7 Å². The first-order valence-corrected chi connectivity index (χ1v) is 13.4. The van der Waals surface area contributed by atoms with Crippen molar-refractivity contribution >= 4 is 11.7 Å². The summed E-state index contributed by atoms with van der Waals surface area (Å²) in [6.45, 7) is 5.74. The first-order chi connectivity index (χ1) is 17.4. The van der Waals surface area contributed by atoms with Crippen LogP contribution in [0.3, 0.4) is 0 Å². The minimum absolute atomic E-state index is 0.0656. The lowest BCUT2D eigenvalue weighted by molar-refractivity contribution is -0.140. The number of carbonyl (C=O) groups is 1. The number of amides is 1. The topological polar surface area (TPSA) is 114 Å². The summed E-state index contributed by atoms with van der Waals surface area (Å²) < 4.78 is 1.58. The van der Waals surface area contributed by atoms with E-state index < -0.39 is 5.54 Å². The second-order valence-corrected chi connectivity index (χ2v) is 10.7.